The molecule has 3 aromatic rings. The first-order chi connectivity index (χ1) is 15.5. The molecule has 0 radical (unpaired) electrons. The van der Waals surface area contributed by atoms with Crippen molar-refractivity contribution in [3.8, 4) is 0 Å². The summed E-state index contributed by atoms with van der Waals surface area (Å²) >= 11 is 5.86. The molecule has 1 aliphatic heterocycles. The van der Waals surface area contributed by atoms with Crippen LogP contribution in [0, 0.1) is 12.7 Å². The number of hydrogen-bond acceptors (Lipinski definition) is 5. The van der Waals surface area contributed by atoms with E-state index in [1.807, 2.05) is 49.4 Å². The normalized spacial score (nSPS) is 15.9. The zero-order valence-corrected chi connectivity index (χ0v) is 18.4. The molecular weight excluding hydrogens is 429 g/mol. The van der Waals surface area contributed by atoms with E-state index in [4.69, 9.17) is 11.6 Å². The number of nitrogens with one attached hydrogen (secondary N) is 2. The Bertz CT molecular complexity index is 1180. The van der Waals surface area contributed by atoms with Crippen LogP contribution in [0.5, 0.6) is 0 Å². The number of aryl methyl sites for hydroxylation is 1. The van der Waals surface area contributed by atoms with Gasteiger partial charge in [0.15, 0.2) is 11.6 Å². The van der Waals surface area contributed by atoms with E-state index in [0.717, 1.165) is 48.0 Å². The summed E-state index contributed by atoms with van der Waals surface area (Å²) in [5.41, 5.74) is 4.63. The fourth-order valence-corrected chi connectivity index (χ4v) is 4.64. The molecule has 1 aliphatic carbocycles. The van der Waals surface area contributed by atoms with Gasteiger partial charge in [-0.1, -0.05) is 30.2 Å². The van der Waals surface area contributed by atoms with Gasteiger partial charge >= 0.3 is 0 Å². The van der Waals surface area contributed by atoms with E-state index in [9.17, 15) is 9.18 Å². The first-order valence-electron chi connectivity index (χ1n) is 10.6. The quantitative estimate of drug-likeness (QED) is 0.507. The molecule has 164 valence electrons. The monoisotopic (exact) mass is 451 g/mol. The van der Waals surface area contributed by atoms with Crippen molar-refractivity contribution >= 4 is 46.3 Å². The number of fused-ring (bicyclic) bond motifs is 2. The molecule has 1 spiro atoms. The van der Waals surface area contributed by atoms with E-state index in [1.165, 1.54) is 0 Å². The van der Waals surface area contributed by atoms with E-state index in [0.29, 0.717) is 12.2 Å². The molecule has 1 amide bonds. The number of aromatic nitrogens is 2. The molecule has 2 N–H and O–H groups in total. The van der Waals surface area contributed by atoms with Gasteiger partial charge in [0.25, 0.3) is 0 Å². The van der Waals surface area contributed by atoms with Gasteiger partial charge in [0, 0.05) is 29.0 Å². The Morgan fingerprint density at radius 3 is 2.59 bits per heavy atom. The van der Waals surface area contributed by atoms with Gasteiger partial charge in [0.05, 0.1) is 6.20 Å². The molecule has 5 rings (SSSR count). The second-order valence-corrected chi connectivity index (χ2v) is 8.75. The summed E-state index contributed by atoms with van der Waals surface area (Å²) in [6.07, 6.45) is 4.41. The number of rotatable bonds is 5. The maximum absolute atomic E-state index is 14.5. The number of carbonyl (C=O) groups is 1. The van der Waals surface area contributed by atoms with Gasteiger partial charge in [0.1, 0.15) is 5.88 Å². The van der Waals surface area contributed by atoms with Crippen LogP contribution in [0.3, 0.4) is 0 Å². The van der Waals surface area contributed by atoms with Crippen LogP contribution in [-0.4, -0.2) is 28.3 Å². The summed E-state index contributed by atoms with van der Waals surface area (Å²) in [6, 6.07) is 13.6. The van der Waals surface area contributed by atoms with Crippen molar-refractivity contribution in [3.05, 3.63) is 65.6 Å². The van der Waals surface area contributed by atoms with E-state index >= 15 is 0 Å². The van der Waals surface area contributed by atoms with Crippen molar-refractivity contribution in [2.75, 3.05) is 28.0 Å². The first-order valence-corrected chi connectivity index (χ1v) is 11.1. The average molecular weight is 452 g/mol. The van der Waals surface area contributed by atoms with Crippen molar-refractivity contribution in [2.45, 2.75) is 31.6 Å². The van der Waals surface area contributed by atoms with Crippen LogP contribution < -0.4 is 15.5 Å². The SMILES string of the molecule is Cc1ccc(Nc2ncc(F)c(Nc3ccc4c(c3)N(C(=O)CCl)CC43CCC3)n2)cc1. The van der Waals surface area contributed by atoms with Crippen molar-refractivity contribution in [1.82, 2.24) is 9.97 Å². The minimum absolute atomic E-state index is 0.0286. The number of halogens is 2. The van der Waals surface area contributed by atoms with Crippen molar-refractivity contribution in [3.63, 3.8) is 0 Å². The first kappa shape index (κ1) is 20.7. The molecule has 0 bridgehead atoms. The Morgan fingerprint density at radius 2 is 1.91 bits per heavy atom. The smallest absolute Gasteiger partial charge is 0.241 e. The third kappa shape index (κ3) is 3.66. The summed E-state index contributed by atoms with van der Waals surface area (Å²) in [6.45, 7) is 2.66. The molecule has 1 aromatic heterocycles. The molecule has 2 aliphatic rings. The Labute approximate surface area is 190 Å². The third-order valence-electron chi connectivity index (χ3n) is 6.36. The Morgan fingerprint density at radius 1 is 1.16 bits per heavy atom. The highest BCUT2D eigenvalue weighted by molar-refractivity contribution is 6.29. The second kappa shape index (κ2) is 8.06. The van der Waals surface area contributed by atoms with Crippen LogP contribution in [0.2, 0.25) is 0 Å². The number of carbonyl (C=O) groups excluding carboxylic acids is 1. The molecule has 6 nitrogen and oxygen atoms in total. The van der Waals surface area contributed by atoms with Crippen molar-refractivity contribution in [1.29, 1.82) is 0 Å². The van der Waals surface area contributed by atoms with E-state index in [2.05, 4.69) is 20.6 Å². The predicted octanol–water partition coefficient (Wildman–Crippen LogP) is 5.42. The number of benzene rings is 2. The molecule has 8 heteroatoms. The molecule has 2 heterocycles. The molecule has 32 heavy (non-hydrogen) atoms. The highest BCUT2D eigenvalue weighted by Gasteiger charge is 2.48. The van der Waals surface area contributed by atoms with Crippen molar-refractivity contribution < 1.29 is 9.18 Å². The molecule has 0 saturated heterocycles. The van der Waals surface area contributed by atoms with Crippen LogP contribution in [0.4, 0.5) is 33.2 Å². The standard InChI is InChI=1S/C24H23ClFN5O/c1-15-3-5-16(6-4-15)29-23-27-13-19(26)22(30-23)28-17-7-8-18-20(11-17)31(21(32)12-25)14-24(18)9-2-10-24/h3-8,11,13H,2,9-10,12,14H2,1H3,(H2,27,28,29,30). The van der Waals surface area contributed by atoms with Crippen LogP contribution in [0.1, 0.15) is 30.4 Å². The largest absolute Gasteiger partial charge is 0.338 e. The van der Waals surface area contributed by atoms with E-state index in [1.54, 1.807) is 4.90 Å². The lowest BCUT2D eigenvalue weighted by Crippen LogP contribution is -2.41. The Hall–Kier alpha value is -3.19. The highest BCUT2D eigenvalue weighted by atomic mass is 35.5. The van der Waals surface area contributed by atoms with Crippen LogP contribution in [-0.2, 0) is 10.2 Å². The molecule has 0 atom stereocenters. The van der Waals surface area contributed by atoms with Crippen molar-refractivity contribution in [2.24, 2.45) is 0 Å². The minimum atomic E-state index is -0.566. The van der Waals surface area contributed by atoms with Crippen LogP contribution >= 0.6 is 11.6 Å². The van der Waals surface area contributed by atoms with Gasteiger partial charge in [-0.25, -0.2) is 9.37 Å². The summed E-state index contributed by atoms with van der Waals surface area (Å²) in [5, 5.41) is 6.13. The Balaban J connectivity index is 1.42. The minimum Gasteiger partial charge on any atom is -0.338 e. The molecule has 2 aromatic carbocycles. The maximum Gasteiger partial charge on any atom is 0.241 e. The number of nitrogens with zero attached hydrogens (tertiary/aromatic N) is 3. The highest BCUT2D eigenvalue weighted by Crippen LogP contribution is 2.53. The fraction of sp³-hybridized carbons (Fsp3) is 0.292. The van der Waals surface area contributed by atoms with Gasteiger partial charge < -0.3 is 15.5 Å². The fourth-order valence-electron chi connectivity index (χ4n) is 4.50. The zero-order chi connectivity index (χ0) is 22.3. The lowest BCUT2D eigenvalue weighted by molar-refractivity contribution is -0.116. The van der Waals surface area contributed by atoms with Gasteiger partial charge in [-0.2, -0.15) is 4.98 Å². The number of hydrogen-bond donors (Lipinski definition) is 2. The van der Waals surface area contributed by atoms with Gasteiger partial charge in [-0.15, -0.1) is 11.6 Å². The third-order valence-corrected chi connectivity index (χ3v) is 6.59. The zero-order valence-electron chi connectivity index (χ0n) is 17.7. The number of anilines is 5. The van der Waals surface area contributed by atoms with Crippen LogP contribution in [0.15, 0.2) is 48.7 Å². The van der Waals surface area contributed by atoms with E-state index < -0.39 is 5.82 Å². The second-order valence-electron chi connectivity index (χ2n) is 8.49. The summed E-state index contributed by atoms with van der Waals surface area (Å²) in [4.78, 5) is 22.5. The van der Waals surface area contributed by atoms with Gasteiger partial charge in [0.2, 0.25) is 11.9 Å². The summed E-state index contributed by atoms with van der Waals surface area (Å²) in [7, 11) is 0. The van der Waals surface area contributed by atoms with Gasteiger partial charge in [-0.3, -0.25) is 4.79 Å². The molecular formula is C24H23ClFN5O. The molecule has 0 unspecified atom stereocenters. The predicted molar refractivity (Wildman–Crippen MR) is 125 cm³/mol. The van der Waals surface area contributed by atoms with Crippen LogP contribution in [0.25, 0.3) is 0 Å². The summed E-state index contributed by atoms with van der Waals surface area (Å²) < 4.78 is 14.5. The number of alkyl halides is 1. The lowest BCUT2D eigenvalue weighted by Gasteiger charge is -2.38. The summed E-state index contributed by atoms with van der Waals surface area (Å²) in [5.74, 6) is -0.412. The van der Waals surface area contributed by atoms with Gasteiger partial charge in [-0.05, 0) is 49.6 Å². The lowest BCUT2D eigenvalue weighted by atomic mass is 9.66. The average Bonchev–Trinajstić information content (AvgIpc) is 3.12. The topological polar surface area (TPSA) is 70.2 Å². The Kier molecular flexibility index (Phi) is 5.21. The molecule has 1 saturated carbocycles. The maximum atomic E-state index is 14.5. The number of amides is 1. The molecule has 1 fully saturated rings. The van der Waals surface area contributed by atoms with E-state index in [-0.39, 0.29) is 29.0 Å².